The Bertz CT molecular complexity index is 607. The van der Waals surface area contributed by atoms with Gasteiger partial charge in [-0.1, -0.05) is 6.92 Å². The third-order valence-corrected chi connectivity index (χ3v) is 4.59. The summed E-state index contributed by atoms with van der Waals surface area (Å²) in [5.74, 6) is 1.59. The molecule has 6 heteroatoms. The Hall–Kier alpha value is -1.85. The van der Waals surface area contributed by atoms with Crippen LogP contribution >= 0.6 is 0 Å². The molecule has 6 nitrogen and oxygen atoms in total. The summed E-state index contributed by atoms with van der Waals surface area (Å²) in [6.45, 7) is 9.35. The van der Waals surface area contributed by atoms with Gasteiger partial charge in [-0.05, 0) is 33.1 Å². The fourth-order valence-electron chi connectivity index (χ4n) is 3.12. The summed E-state index contributed by atoms with van der Waals surface area (Å²) in [7, 11) is 0. The Balaban J connectivity index is 1.78. The Kier molecular flexibility index (Phi) is 3.70. The summed E-state index contributed by atoms with van der Waals surface area (Å²) in [6.07, 6.45) is 2.80. The number of imidazole rings is 1. The van der Waals surface area contributed by atoms with E-state index >= 15 is 0 Å². The first kappa shape index (κ1) is 15.1. The van der Waals surface area contributed by atoms with Crippen LogP contribution in [0.3, 0.4) is 0 Å². The van der Waals surface area contributed by atoms with E-state index in [4.69, 9.17) is 0 Å². The molecule has 2 heterocycles. The molecule has 1 aromatic heterocycles. The molecule has 1 fully saturated rings. The summed E-state index contributed by atoms with van der Waals surface area (Å²) in [4.78, 5) is 31.0. The van der Waals surface area contributed by atoms with Gasteiger partial charge in [0.05, 0.1) is 6.04 Å². The normalized spacial score (nSPS) is 26.8. The molecule has 120 valence electrons. The van der Waals surface area contributed by atoms with Crippen molar-refractivity contribution in [3.63, 3.8) is 0 Å². The molecular weight excluding hydrogens is 280 g/mol. The molecular formula is C16H24N4O2. The molecule has 3 atom stereocenters. The van der Waals surface area contributed by atoms with Gasteiger partial charge < -0.3 is 14.8 Å². The molecule has 1 aromatic rings. The van der Waals surface area contributed by atoms with Crippen molar-refractivity contribution in [1.82, 2.24) is 19.8 Å². The van der Waals surface area contributed by atoms with E-state index in [0.717, 1.165) is 12.2 Å². The molecule has 1 saturated carbocycles. The number of nitrogens with zero attached hydrogens (tertiary/aromatic N) is 3. The molecule has 1 N–H and O–H groups in total. The largest absolute Gasteiger partial charge is 0.348 e. The summed E-state index contributed by atoms with van der Waals surface area (Å²) in [5.41, 5.74) is 0.435. The predicted octanol–water partition coefficient (Wildman–Crippen LogP) is 1.58. The molecule has 0 radical (unpaired) electrons. The van der Waals surface area contributed by atoms with Gasteiger partial charge in [0.25, 0.3) is 5.91 Å². The molecule has 2 aliphatic rings. The van der Waals surface area contributed by atoms with Crippen LogP contribution in [0.1, 0.15) is 56.5 Å². The zero-order valence-electron chi connectivity index (χ0n) is 13.7. The van der Waals surface area contributed by atoms with Gasteiger partial charge in [-0.2, -0.15) is 0 Å². The third kappa shape index (κ3) is 2.62. The van der Waals surface area contributed by atoms with Crippen molar-refractivity contribution in [2.24, 2.45) is 11.8 Å². The highest BCUT2D eigenvalue weighted by Gasteiger charge is 2.44. The van der Waals surface area contributed by atoms with Crippen LogP contribution < -0.4 is 5.32 Å². The number of aromatic nitrogens is 2. The minimum Gasteiger partial charge on any atom is -0.348 e. The lowest BCUT2D eigenvalue weighted by Gasteiger charge is -2.34. The van der Waals surface area contributed by atoms with Crippen molar-refractivity contribution in [3.05, 3.63) is 17.7 Å². The summed E-state index contributed by atoms with van der Waals surface area (Å²) in [6, 6.07) is 0.00716. The fourth-order valence-corrected chi connectivity index (χ4v) is 3.12. The highest BCUT2D eigenvalue weighted by molar-refractivity contribution is 5.92. The van der Waals surface area contributed by atoms with Crippen LogP contribution in [-0.2, 0) is 11.3 Å². The number of nitrogens with one attached hydrogen (secondary N) is 1. The average Bonchev–Trinajstić information content (AvgIpc) is 3.00. The second kappa shape index (κ2) is 5.41. The van der Waals surface area contributed by atoms with Crippen molar-refractivity contribution in [1.29, 1.82) is 0 Å². The predicted molar refractivity (Wildman–Crippen MR) is 82.2 cm³/mol. The first-order valence-corrected chi connectivity index (χ1v) is 8.07. The number of carbonyl (C=O) groups is 2. The van der Waals surface area contributed by atoms with Crippen LogP contribution in [0.4, 0.5) is 0 Å². The Morgan fingerprint density at radius 3 is 2.59 bits per heavy atom. The van der Waals surface area contributed by atoms with Gasteiger partial charge in [0, 0.05) is 31.2 Å². The minimum absolute atomic E-state index is 0.0744. The van der Waals surface area contributed by atoms with Gasteiger partial charge in [-0.15, -0.1) is 0 Å². The van der Waals surface area contributed by atoms with Crippen molar-refractivity contribution in [3.8, 4) is 0 Å². The topological polar surface area (TPSA) is 67.2 Å². The molecule has 1 aliphatic carbocycles. The van der Waals surface area contributed by atoms with Crippen LogP contribution in [0.2, 0.25) is 0 Å². The standard InChI is InChI=1S/C16H24N4O2/c1-9(2)17-15(21)13-8-19-5-6-20(11(4)14(19)18-13)16(22)12-7-10(12)3/h8-12H,5-7H2,1-4H3,(H,17,21)/t10-,11-,12-/m0/s1. The quantitative estimate of drug-likeness (QED) is 0.922. The zero-order chi connectivity index (χ0) is 16.0. The van der Waals surface area contributed by atoms with Crippen molar-refractivity contribution in [2.45, 2.75) is 52.7 Å². The van der Waals surface area contributed by atoms with Crippen molar-refractivity contribution >= 4 is 11.8 Å². The van der Waals surface area contributed by atoms with Gasteiger partial charge >= 0.3 is 0 Å². The summed E-state index contributed by atoms with van der Waals surface area (Å²) >= 11 is 0. The van der Waals surface area contributed by atoms with E-state index in [1.807, 2.05) is 30.2 Å². The van der Waals surface area contributed by atoms with E-state index in [9.17, 15) is 9.59 Å². The summed E-state index contributed by atoms with van der Waals surface area (Å²) < 4.78 is 2.00. The van der Waals surface area contributed by atoms with E-state index in [0.29, 0.717) is 24.7 Å². The van der Waals surface area contributed by atoms with Gasteiger partial charge in [0.15, 0.2) is 0 Å². The number of fused-ring (bicyclic) bond motifs is 1. The Labute approximate surface area is 130 Å². The number of hydrogen-bond acceptors (Lipinski definition) is 3. The maximum atomic E-state index is 12.5. The highest BCUT2D eigenvalue weighted by Crippen LogP contribution is 2.41. The molecule has 22 heavy (non-hydrogen) atoms. The zero-order valence-corrected chi connectivity index (χ0v) is 13.7. The molecule has 0 spiro atoms. The maximum Gasteiger partial charge on any atom is 0.271 e. The minimum atomic E-state index is -0.155. The van der Waals surface area contributed by atoms with Crippen LogP contribution in [0, 0.1) is 11.8 Å². The Morgan fingerprint density at radius 2 is 2.00 bits per heavy atom. The third-order valence-electron chi connectivity index (χ3n) is 4.59. The molecule has 2 amide bonds. The van der Waals surface area contributed by atoms with Crippen molar-refractivity contribution < 1.29 is 9.59 Å². The highest BCUT2D eigenvalue weighted by atomic mass is 16.2. The van der Waals surface area contributed by atoms with E-state index in [1.54, 1.807) is 6.20 Å². The second-order valence-electron chi connectivity index (χ2n) is 6.83. The monoisotopic (exact) mass is 304 g/mol. The molecule has 0 saturated heterocycles. The van der Waals surface area contributed by atoms with Crippen LogP contribution in [0.15, 0.2) is 6.20 Å². The SMILES string of the molecule is CC(C)NC(=O)c1cn2c(n1)[C@H](C)N(C(=O)[C@H]1C[C@@H]1C)CC2. The van der Waals surface area contributed by atoms with Gasteiger partial charge in [-0.25, -0.2) is 4.98 Å². The average molecular weight is 304 g/mol. The van der Waals surface area contributed by atoms with Crippen molar-refractivity contribution in [2.75, 3.05) is 6.54 Å². The lowest BCUT2D eigenvalue weighted by atomic mass is 10.1. The number of hydrogen-bond donors (Lipinski definition) is 1. The molecule has 1 aliphatic heterocycles. The smallest absolute Gasteiger partial charge is 0.271 e. The van der Waals surface area contributed by atoms with Gasteiger partial charge in [0.1, 0.15) is 11.5 Å². The van der Waals surface area contributed by atoms with Crippen LogP contribution in [0.5, 0.6) is 0 Å². The fraction of sp³-hybridized carbons (Fsp3) is 0.688. The van der Waals surface area contributed by atoms with E-state index in [-0.39, 0.29) is 29.8 Å². The molecule has 3 rings (SSSR count). The number of amides is 2. The van der Waals surface area contributed by atoms with Gasteiger partial charge in [-0.3, -0.25) is 9.59 Å². The number of rotatable bonds is 3. The first-order chi connectivity index (χ1) is 10.4. The summed E-state index contributed by atoms with van der Waals surface area (Å²) in [5, 5.41) is 2.86. The maximum absolute atomic E-state index is 12.5. The lowest BCUT2D eigenvalue weighted by Crippen LogP contribution is -2.42. The molecule has 0 bridgehead atoms. The first-order valence-electron chi connectivity index (χ1n) is 8.07. The molecule has 0 unspecified atom stereocenters. The second-order valence-corrected chi connectivity index (χ2v) is 6.83. The van der Waals surface area contributed by atoms with E-state index < -0.39 is 0 Å². The van der Waals surface area contributed by atoms with Gasteiger partial charge in [0.2, 0.25) is 5.91 Å². The lowest BCUT2D eigenvalue weighted by molar-refractivity contribution is -0.136. The molecule has 0 aromatic carbocycles. The van der Waals surface area contributed by atoms with E-state index in [1.165, 1.54) is 0 Å². The van der Waals surface area contributed by atoms with Crippen LogP contribution in [-0.4, -0.2) is 38.9 Å². The Morgan fingerprint density at radius 1 is 1.32 bits per heavy atom. The van der Waals surface area contributed by atoms with Crippen LogP contribution in [0.25, 0.3) is 0 Å². The number of carbonyl (C=O) groups excluding carboxylic acids is 2. The van der Waals surface area contributed by atoms with E-state index in [2.05, 4.69) is 17.2 Å².